The van der Waals surface area contributed by atoms with Gasteiger partial charge in [-0.1, -0.05) is 30.3 Å². The second kappa shape index (κ2) is 7.68. The Morgan fingerprint density at radius 2 is 2.00 bits per heavy atom. The summed E-state index contributed by atoms with van der Waals surface area (Å²) in [6.07, 6.45) is -0.00642. The zero-order valence-corrected chi connectivity index (χ0v) is 17.3. The third-order valence-corrected chi connectivity index (χ3v) is 6.83. The second-order valence-electron chi connectivity index (χ2n) is 7.71. The number of carbonyl (C=O) groups excluding carboxylic acids is 1. The third-order valence-electron chi connectivity index (χ3n) is 5.68. The number of thiophene rings is 1. The molecule has 0 fully saturated rings. The van der Waals surface area contributed by atoms with Crippen LogP contribution in [0.3, 0.4) is 0 Å². The highest BCUT2D eigenvalue weighted by atomic mass is 32.1. The summed E-state index contributed by atoms with van der Waals surface area (Å²) in [5.74, 6) is -0.338. The molecule has 3 N–H and O–H groups in total. The summed E-state index contributed by atoms with van der Waals surface area (Å²) in [6, 6.07) is 14.1. The first-order valence-electron chi connectivity index (χ1n) is 9.95. The van der Waals surface area contributed by atoms with Crippen LogP contribution >= 0.6 is 11.3 Å². The van der Waals surface area contributed by atoms with Crippen molar-refractivity contribution in [3.05, 3.63) is 85.8 Å². The monoisotopic (exact) mass is 436 g/mol. The molecule has 2 aromatic carbocycles. The van der Waals surface area contributed by atoms with Gasteiger partial charge in [-0.25, -0.2) is 0 Å². The maximum Gasteiger partial charge on any atom is 0.276 e. The van der Waals surface area contributed by atoms with Gasteiger partial charge in [-0.2, -0.15) is 0 Å². The molecular weight excluding hydrogens is 416 g/mol. The van der Waals surface area contributed by atoms with Gasteiger partial charge in [0.2, 0.25) is 0 Å². The van der Waals surface area contributed by atoms with Crippen molar-refractivity contribution in [2.75, 3.05) is 11.9 Å². The first-order chi connectivity index (χ1) is 15.0. The Morgan fingerprint density at radius 3 is 2.77 bits per heavy atom. The summed E-state index contributed by atoms with van der Waals surface area (Å²) in [5, 5.41) is 28.0. The number of nitrogens with zero attached hydrogens (tertiary/aromatic N) is 2. The summed E-state index contributed by atoms with van der Waals surface area (Å²) < 4.78 is 0. The topological polar surface area (TPSA) is 108 Å². The van der Waals surface area contributed by atoms with Gasteiger partial charge in [0.1, 0.15) is 16.9 Å². The van der Waals surface area contributed by atoms with Crippen molar-refractivity contribution in [3.63, 3.8) is 0 Å². The number of nitro groups is 1. The number of phenolic OH excluding ortho intramolecular Hbond substituents is 1. The average molecular weight is 436 g/mol. The molecule has 0 saturated carbocycles. The molecule has 158 valence electrons. The number of hydrogen-bond donors (Lipinski definition) is 3. The minimum Gasteiger partial charge on any atom is -0.508 e. The summed E-state index contributed by atoms with van der Waals surface area (Å²) in [6.45, 7) is 2.47. The molecule has 0 bridgehead atoms. The number of fused-ring (bicyclic) bond motifs is 3. The van der Waals surface area contributed by atoms with Gasteiger partial charge in [0, 0.05) is 30.6 Å². The van der Waals surface area contributed by atoms with E-state index in [0.717, 1.165) is 41.5 Å². The molecule has 0 spiro atoms. The smallest absolute Gasteiger partial charge is 0.276 e. The lowest BCUT2D eigenvalue weighted by molar-refractivity contribution is -0.385. The SMILES string of the molecule is O=C1N[C@H](c2cc(O)ccc2[N+](=O)[O-])Nc2sc3c(c21)CCN(Cc1ccccc1)C3. The fourth-order valence-corrected chi connectivity index (χ4v) is 5.56. The standard InChI is InChI=1S/C22H20N4O4S/c27-14-6-7-17(26(29)30)16(10-14)20-23-21(28)19-15-8-9-25(11-13-4-2-1-3-5-13)12-18(15)31-22(19)24-20/h1-7,10,20,24,27H,8-9,11-12H2,(H,23,28)/t20-/m0/s1. The van der Waals surface area contributed by atoms with Crippen LogP contribution in [0.5, 0.6) is 5.75 Å². The van der Waals surface area contributed by atoms with Gasteiger partial charge in [0.25, 0.3) is 11.6 Å². The van der Waals surface area contributed by atoms with Gasteiger partial charge >= 0.3 is 0 Å². The van der Waals surface area contributed by atoms with Crippen LogP contribution < -0.4 is 10.6 Å². The Bertz CT molecular complexity index is 1180. The van der Waals surface area contributed by atoms with Gasteiger partial charge in [-0.05, 0) is 29.7 Å². The lowest BCUT2D eigenvalue weighted by Gasteiger charge is -2.28. The minimum atomic E-state index is -0.784. The summed E-state index contributed by atoms with van der Waals surface area (Å²) in [7, 11) is 0. The molecule has 9 heteroatoms. The second-order valence-corrected chi connectivity index (χ2v) is 8.81. The van der Waals surface area contributed by atoms with Crippen LogP contribution in [0.1, 0.15) is 38.1 Å². The largest absolute Gasteiger partial charge is 0.508 e. The Labute approximate surface area is 182 Å². The van der Waals surface area contributed by atoms with Crippen LogP contribution in [0.25, 0.3) is 0 Å². The lowest BCUT2D eigenvalue weighted by Crippen LogP contribution is -2.39. The summed E-state index contributed by atoms with van der Waals surface area (Å²) >= 11 is 1.53. The average Bonchev–Trinajstić information content (AvgIpc) is 3.12. The number of nitro benzene ring substituents is 1. The van der Waals surface area contributed by atoms with Gasteiger partial charge < -0.3 is 15.7 Å². The highest BCUT2D eigenvalue weighted by Crippen LogP contribution is 2.42. The molecule has 0 unspecified atom stereocenters. The Balaban J connectivity index is 1.42. The molecule has 2 aliphatic heterocycles. The Kier molecular flexibility index (Phi) is 4.84. The van der Waals surface area contributed by atoms with Crippen molar-refractivity contribution in [1.29, 1.82) is 0 Å². The van der Waals surface area contributed by atoms with Crippen LogP contribution in [-0.4, -0.2) is 27.4 Å². The van der Waals surface area contributed by atoms with Gasteiger partial charge in [-0.15, -0.1) is 11.3 Å². The van der Waals surface area contributed by atoms with Gasteiger partial charge in [0.05, 0.1) is 16.1 Å². The Morgan fingerprint density at radius 1 is 1.19 bits per heavy atom. The number of rotatable bonds is 4. The van der Waals surface area contributed by atoms with Crippen molar-refractivity contribution < 1.29 is 14.8 Å². The zero-order valence-electron chi connectivity index (χ0n) is 16.5. The molecule has 3 aromatic rings. The van der Waals surface area contributed by atoms with Crippen molar-refractivity contribution in [3.8, 4) is 5.75 Å². The van der Waals surface area contributed by atoms with Gasteiger partial charge in [0.15, 0.2) is 0 Å². The molecule has 5 rings (SSSR count). The lowest BCUT2D eigenvalue weighted by atomic mass is 9.99. The first kappa shape index (κ1) is 19.5. The number of amides is 1. The molecule has 2 aliphatic rings. The fourth-order valence-electron chi connectivity index (χ4n) is 4.24. The number of hydrogen-bond acceptors (Lipinski definition) is 7. The van der Waals surface area contributed by atoms with Crippen molar-refractivity contribution >= 4 is 27.9 Å². The number of carbonyl (C=O) groups is 1. The number of benzene rings is 2. The van der Waals surface area contributed by atoms with E-state index in [9.17, 15) is 20.0 Å². The van der Waals surface area contributed by atoms with Gasteiger partial charge in [-0.3, -0.25) is 19.8 Å². The molecule has 0 aliphatic carbocycles. The maximum absolute atomic E-state index is 13.0. The summed E-state index contributed by atoms with van der Waals surface area (Å²) in [4.78, 5) is 27.4. The predicted molar refractivity (Wildman–Crippen MR) is 117 cm³/mol. The van der Waals surface area contributed by atoms with E-state index in [1.807, 2.05) is 18.2 Å². The van der Waals surface area contributed by atoms with E-state index in [0.29, 0.717) is 5.56 Å². The van der Waals surface area contributed by atoms with Crippen LogP contribution in [0.15, 0.2) is 48.5 Å². The normalized spacial score (nSPS) is 17.9. The summed E-state index contributed by atoms with van der Waals surface area (Å²) in [5.41, 5.74) is 3.01. The molecule has 1 aromatic heterocycles. The molecule has 8 nitrogen and oxygen atoms in total. The Hall–Kier alpha value is -3.43. The van der Waals surface area contributed by atoms with Crippen LogP contribution in [0.4, 0.5) is 10.7 Å². The predicted octanol–water partition coefficient (Wildman–Crippen LogP) is 3.77. The quantitative estimate of drug-likeness (QED) is 0.424. The molecular formula is C22H20N4O4S. The van der Waals surface area contributed by atoms with E-state index in [2.05, 4.69) is 27.7 Å². The molecule has 0 radical (unpaired) electrons. The first-order valence-corrected chi connectivity index (χ1v) is 10.8. The highest BCUT2D eigenvalue weighted by molar-refractivity contribution is 7.16. The highest BCUT2D eigenvalue weighted by Gasteiger charge is 2.35. The van der Waals surface area contributed by atoms with Crippen LogP contribution in [-0.2, 0) is 19.5 Å². The van der Waals surface area contributed by atoms with E-state index in [-0.39, 0.29) is 22.9 Å². The molecule has 1 amide bonds. The third kappa shape index (κ3) is 3.62. The minimum absolute atomic E-state index is 0.0931. The van der Waals surface area contributed by atoms with E-state index >= 15 is 0 Å². The number of nitrogens with one attached hydrogen (secondary N) is 2. The molecule has 31 heavy (non-hydrogen) atoms. The van der Waals surface area contributed by atoms with E-state index < -0.39 is 11.1 Å². The van der Waals surface area contributed by atoms with E-state index in [1.165, 1.54) is 35.1 Å². The van der Waals surface area contributed by atoms with E-state index in [4.69, 9.17) is 0 Å². The maximum atomic E-state index is 13.0. The number of aromatic hydroxyl groups is 1. The zero-order chi connectivity index (χ0) is 21.5. The van der Waals surface area contributed by atoms with Crippen LogP contribution in [0.2, 0.25) is 0 Å². The van der Waals surface area contributed by atoms with Crippen molar-refractivity contribution in [1.82, 2.24) is 10.2 Å². The number of anilines is 1. The molecule has 3 heterocycles. The molecule has 1 atom stereocenters. The van der Waals surface area contributed by atoms with Crippen molar-refractivity contribution in [2.45, 2.75) is 25.7 Å². The van der Waals surface area contributed by atoms with E-state index in [1.54, 1.807) is 0 Å². The van der Waals surface area contributed by atoms with Crippen LogP contribution in [0, 0.1) is 10.1 Å². The number of phenols is 1. The molecule has 0 saturated heterocycles. The van der Waals surface area contributed by atoms with Crippen molar-refractivity contribution in [2.24, 2.45) is 0 Å². The fraction of sp³-hybridized carbons (Fsp3) is 0.227.